The van der Waals surface area contributed by atoms with Crippen LogP contribution in [0, 0.1) is 6.92 Å². The SMILES string of the molecule is Cc1ccc(-n2cnnc2SCC(=O)NCCc2cc(Cl)c3c(c2)OCCO3)cc1Cl. The van der Waals surface area contributed by atoms with Crippen molar-refractivity contribution >= 4 is 40.9 Å². The van der Waals surface area contributed by atoms with Crippen LogP contribution in [0.3, 0.4) is 0 Å². The summed E-state index contributed by atoms with van der Waals surface area (Å²) in [5, 5.41) is 12.8. The van der Waals surface area contributed by atoms with Crippen LogP contribution in [0.2, 0.25) is 10.0 Å². The first-order valence-electron chi connectivity index (χ1n) is 9.65. The number of fused-ring (bicyclic) bond motifs is 1. The van der Waals surface area contributed by atoms with E-state index < -0.39 is 0 Å². The number of benzene rings is 2. The molecule has 162 valence electrons. The molecule has 1 amide bonds. The van der Waals surface area contributed by atoms with Crippen molar-refractivity contribution < 1.29 is 14.3 Å². The number of carbonyl (C=O) groups is 1. The van der Waals surface area contributed by atoms with E-state index in [-0.39, 0.29) is 11.7 Å². The normalized spacial score (nSPS) is 12.6. The van der Waals surface area contributed by atoms with Crippen LogP contribution in [-0.4, -0.2) is 46.2 Å². The van der Waals surface area contributed by atoms with Crippen LogP contribution in [-0.2, 0) is 11.2 Å². The summed E-state index contributed by atoms with van der Waals surface area (Å²) in [7, 11) is 0. The highest BCUT2D eigenvalue weighted by atomic mass is 35.5. The number of carbonyl (C=O) groups excluding carboxylic acids is 1. The van der Waals surface area contributed by atoms with Gasteiger partial charge in [-0.3, -0.25) is 9.36 Å². The first-order chi connectivity index (χ1) is 15.0. The van der Waals surface area contributed by atoms with Gasteiger partial charge in [-0.15, -0.1) is 10.2 Å². The predicted molar refractivity (Wildman–Crippen MR) is 121 cm³/mol. The fourth-order valence-corrected chi connectivity index (χ4v) is 4.29. The molecule has 1 aliphatic rings. The molecule has 2 aromatic carbocycles. The average Bonchev–Trinajstić information content (AvgIpc) is 3.23. The number of nitrogens with zero attached hydrogens (tertiary/aromatic N) is 3. The van der Waals surface area contributed by atoms with Crippen LogP contribution in [0.15, 0.2) is 41.8 Å². The molecule has 0 radical (unpaired) electrons. The maximum Gasteiger partial charge on any atom is 0.230 e. The second-order valence-electron chi connectivity index (χ2n) is 6.91. The van der Waals surface area contributed by atoms with Gasteiger partial charge in [0, 0.05) is 11.6 Å². The van der Waals surface area contributed by atoms with Crippen molar-refractivity contribution in [1.82, 2.24) is 20.1 Å². The van der Waals surface area contributed by atoms with Gasteiger partial charge in [0.25, 0.3) is 0 Å². The monoisotopic (exact) mass is 478 g/mol. The number of nitrogens with one attached hydrogen (secondary N) is 1. The Kier molecular flexibility index (Phi) is 6.89. The lowest BCUT2D eigenvalue weighted by Gasteiger charge is -2.20. The fraction of sp³-hybridized carbons (Fsp3) is 0.286. The third kappa shape index (κ3) is 5.26. The van der Waals surface area contributed by atoms with Gasteiger partial charge in [0.2, 0.25) is 5.91 Å². The van der Waals surface area contributed by atoms with Gasteiger partial charge >= 0.3 is 0 Å². The molecular weight excluding hydrogens is 459 g/mol. The summed E-state index contributed by atoms with van der Waals surface area (Å²) in [4.78, 5) is 12.3. The van der Waals surface area contributed by atoms with Crippen LogP contribution >= 0.6 is 35.0 Å². The molecule has 31 heavy (non-hydrogen) atoms. The van der Waals surface area contributed by atoms with E-state index in [1.165, 1.54) is 11.8 Å². The lowest BCUT2D eigenvalue weighted by atomic mass is 10.1. The summed E-state index contributed by atoms with van der Waals surface area (Å²) in [5.41, 5.74) is 2.81. The Balaban J connectivity index is 1.29. The molecule has 0 unspecified atom stereocenters. The molecule has 0 saturated heterocycles. The quantitative estimate of drug-likeness (QED) is 0.514. The number of hydrogen-bond donors (Lipinski definition) is 1. The number of aryl methyl sites for hydroxylation is 1. The largest absolute Gasteiger partial charge is 0.486 e. The standard InChI is InChI=1S/C21H20Cl2N4O3S/c1-13-2-3-15(10-16(13)22)27-12-25-26-21(27)31-11-19(28)24-5-4-14-8-17(23)20-18(9-14)29-6-7-30-20/h2-3,8-10,12H,4-7,11H2,1H3,(H,24,28). The minimum atomic E-state index is -0.0925. The highest BCUT2D eigenvalue weighted by Crippen LogP contribution is 2.38. The average molecular weight is 479 g/mol. The Morgan fingerprint density at radius 2 is 2.03 bits per heavy atom. The van der Waals surface area contributed by atoms with Crippen LogP contribution in [0.25, 0.3) is 5.69 Å². The molecule has 2 heterocycles. The zero-order chi connectivity index (χ0) is 21.8. The van der Waals surface area contributed by atoms with Gasteiger partial charge in [0.1, 0.15) is 19.5 Å². The molecule has 3 aromatic rings. The molecule has 1 N–H and O–H groups in total. The molecule has 7 nitrogen and oxygen atoms in total. The molecular formula is C21H20Cl2N4O3S. The number of amides is 1. The Hall–Kier alpha value is -2.42. The maximum absolute atomic E-state index is 12.3. The molecule has 0 aliphatic carbocycles. The van der Waals surface area contributed by atoms with E-state index in [9.17, 15) is 4.79 Å². The molecule has 0 spiro atoms. The van der Waals surface area contributed by atoms with E-state index in [4.69, 9.17) is 32.7 Å². The van der Waals surface area contributed by atoms with Gasteiger partial charge in [-0.05, 0) is 48.7 Å². The first-order valence-corrected chi connectivity index (χ1v) is 11.4. The zero-order valence-corrected chi connectivity index (χ0v) is 19.1. The Labute approximate surface area is 194 Å². The fourth-order valence-electron chi connectivity index (χ4n) is 3.07. The van der Waals surface area contributed by atoms with Crippen molar-refractivity contribution in [2.75, 3.05) is 25.5 Å². The maximum atomic E-state index is 12.3. The van der Waals surface area contributed by atoms with E-state index >= 15 is 0 Å². The third-order valence-electron chi connectivity index (χ3n) is 4.67. The van der Waals surface area contributed by atoms with E-state index in [0.29, 0.717) is 52.9 Å². The lowest BCUT2D eigenvalue weighted by molar-refractivity contribution is -0.118. The van der Waals surface area contributed by atoms with Gasteiger partial charge in [-0.1, -0.05) is 41.0 Å². The van der Waals surface area contributed by atoms with E-state index in [2.05, 4.69) is 15.5 Å². The number of aromatic nitrogens is 3. The van der Waals surface area contributed by atoms with E-state index in [1.807, 2.05) is 37.3 Å². The second kappa shape index (κ2) is 9.80. The molecule has 4 rings (SSSR count). The van der Waals surface area contributed by atoms with Crippen molar-refractivity contribution in [3.63, 3.8) is 0 Å². The van der Waals surface area contributed by atoms with Crippen molar-refractivity contribution in [2.45, 2.75) is 18.5 Å². The summed E-state index contributed by atoms with van der Waals surface area (Å²) in [6.45, 7) is 3.41. The number of hydrogen-bond acceptors (Lipinski definition) is 6. The Morgan fingerprint density at radius 1 is 1.19 bits per heavy atom. The molecule has 0 bridgehead atoms. The van der Waals surface area contributed by atoms with Crippen LogP contribution in [0.1, 0.15) is 11.1 Å². The summed E-state index contributed by atoms with van der Waals surface area (Å²) in [6, 6.07) is 9.46. The molecule has 0 saturated carbocycles. The van der Waals surface area contributed by atoms with Crippen molar-refractivity contribution in [3.05, 3.63) is 57.8 Å². The summed E-state index contributed by atoms with van der Waals surface area (Å²) in [5.74, 6) is 1.35. The van der Waals surface area contributed by atoms with E-state index in [0.717, 1.165) is 16.8 Å². The predicted octanol–water partition coefficient (Wildman–Crippen LogP) is 4.10. The number of rotatable bonds is 7. The van der Waals surface area contributed by atoms with Gasteiger partial charge in [-0.25, -0.2) is 0 Å². The van der Waals surface area contributed by atoms with Gasteiger partial charge in [0.05, 0.1) is 16.5 Å². The molecule has 1 aliphatic heterocycles. The second-order valence-corrected chi connectivity index (χ2v) is 8.66. The topological polar surface area (TPSA) is 78.3 Å². The number of halogens is 2. The summed E-state index contributed by atoms with van der Waals surface area (Å²) < 4.78 is 12.9. The summed E-state index contributed by atoms with van der Waals surface area (Å²) in [6.07, 6.45) is 2.23. The van der Waals surface area contributed by atoms with Gasteiger partial charge in [0.15, 0.2) is 16.7 Å². The van der Waals surface area contributed by atoms with Crippen LogP contribution < -0.4 is 14.8 Å². The molecule has 0 atom stereocenters. The third-order valence-corrected chi connectivity index (χ3v) is 6.31. The van der Waals surface area contributed by atoms with Gasteiger partial charge < -0.3 is 14.8 Å². The van der Waals surface area contributed by atoms with Crippen LogP contribution in [0.5, 0.6) is 11.5 Å². The van der Waals surface area contributed by atoms with E-state index in [1.54, 1.807) is 10.9 Å². The molecule has 0 fully saturated rings. The van der Waals surface area contributed by atoms with Crippen molar-refractivity contribution in [1.29, 1.82) is 0 Å². The minimum Gasteiger partial charge on any atom is -0.486 e. The highest BCUT2D eigenvalue weighted by Gasteiger charge is 2.17. The minimum absolute atomic E-state index is 0.0925. The van der Waals surface area contributed by atoms with Crippen LogP contribution in [0.4, 0.5) is 0 Å². The summed E-state index contributed by atoms with van der Waals surface area (Å²) >= 11 is 13.8. The van der Waals surface area contributed by atoms with Crippen molar-refractivity contribution in [2.24, 2.45) is 0 Å². The molecule has 10 heteroatoms. The zero-order valence-electron chi connectivity index (χ0n) is 16.7. The number of ether oxygens (including phenoxy) is 2. The Bertz CT molecular complexity index is 1110. The number of thioether (sulfide) groups is 1. The highest BCUT2D eigenvalue weighted by molar-refractivity contribution is 7.99. The van der Waals surface area contributed by atoms with Crippen molar-refractivity contribution in [3.8, 4) is 17.2 Å². The van der Waals surface area contributed by atoms with Gasteiger partial charge in [-0.2, -0.15) is 0 Å². The smallest absolute Gasteiger partial charge is 0.230 e. The Morgan fingerprint density at radius 3 is 2.87 bits per heavy atom. The molecule has 1 aromatic heterocycles. The lowest BCUT2D eigenvalue weighted by Crippen LogP contribution is -2.27. The first kappa shape index (κ1) is 21.8.